The molecule has 1 aliphatic rings. The van der Waals surface area contributed by atoms with Gasteiger partial charge in [0.2, 0.25) is 0 Å². The highest BCUT2D eigenvalue weighted by molar-refractivity contribution is 5.61. The number of benzene rings is 1. The molecule has 1 fully saturated rings. The Morgan fingerprint density at radius 2 is 1.79 bits per heavy atom. The maximum atomic E-state index is 5.85. The Labute approximate surface area is 196 Å². The summed E-state index contributed by atoms with van der Waals surface area (Å²) in [6.07, 6.45) is 3.61. The predicted octanol–water partition coefficient (Wildman–Crippen LogP) is 4.26. The SMILES string of the molecule is C=C(NCC(=C)N1CCN(c2ccc(OCc3ccccc3)cn2)CC1)c1ccnc(C)c1. The van der Waals surface area contributed by atoms with Crippen LogP contribution in [-0.2, 0) is 6.61 Å². The van der Waals surface area contributed by atoms with E-state index in [2.05, 4.69) is 50.4 Å². The van der Waals surface area contributed by atoms with Crippen LogP contribution in [0.5, 0.6) is 5.75 Å². The molecule has 0 atom stereocenters. The summed E-state index contributed by atoms with van der Waals surface area (Å²) in [5.41, 5.74) is 5.14. The predicted molar refractivity (Wildman–Crippen MR) is 134 cm³/mol. The van der Waals surface area contributed by atoms with Gasteiger partial charge in [0, 0.05) is 55.0 Å². The second-order valence-corrected chi connectivity index (χ2v) is 8.18. The summed E-state index contributed by atoms with van der Waals surface area (Å²) in [6.45, 7) is 15.3. The van der Waals surface area contributed by atoms with Crippen molar-refractivity contribution in [3.63, 3.8) is 0 Å². The number of nitrogens with one attached hydrogen (secondary N) is 1. The topological polar surface area (TPSA) is 53.5 Å². The number of aryl methyl sites for hydroxylation is 1. The summed E-state index contributed by atoms with van der Waals surface area (Å²) in [5, 5.41) is 3.39. The summed E-state index contributed by atoms with van der Waals surface area (Å²) in [5.74, 6) is 1.76. The molecule has 0 amide bonds. The Morgan fingerprint density at radius 3 is 2.48 bits per heavy atom. The molecule has 0 radical (unpaired) electrons. The summed E-state index contributed by atoms with van der Waals surface area (Å²) < 4.78 is 5.85. The number of hydrogen-bond donors (Lipinski definition) is 1. The lowest BCUT2D eigenvalue weighted by molar-refractivity contribution is 0.304. The Hall–Kier alpha value is -3.80. The molecule has 1 aromatic carbocycles. The number of piperazine rings is 1. The number of anilines is 1. The van der Waals surface area contributed by atoms with Crippen LogP contribution in [0.15, 0.2) is 85.8 Å². The highest BCUT2D eigenvalue weighted by Gasteiger charge is 2.19. The molecule has 0 saturated carbocycles. The van der Waals surface area contributed by atoms with E-state index < -0.39 is 0 Å². The monoisotopic (exact) mass is 441 g/mol. The van der Waals surface area contributed by atoms with E-state index >= 15 is 0 Å². The number of aromatic nitrogens is 2. The van der Waals surface area contributed by atoms with Crippen LogP contribution in [0.2, 0.25) is 0 Å². The maximum absolute atomic E-state index is 5.85. The standard InChI is InChI=1S/C27H31N5O/c1-21-17-25(11-12-28-21)23(3)29-18-22(2)31-13-15-32(16-14-31)27-10-9-26(19-30-27)33-20-24-7-5-4-6-8-24/h4-12,17,19,29H,2-3,13-16,18,20H2,1H3. The molecule has 1 aliphatic heterocycles. The summed E-state index contributed by atoms with van der Waals surface area (Å²) in [4.78, 5) is 13.5. The van der Waals surface area contributed by atoms with Crippen molar-refractivity contribution in [2.24, 2.45) is 0 Å². The molecule has 0 bridgehead atoms. The van der Waals surface area contributed by atoms with Gasteiger partial charge in [0.15, 0.2) is 0 Å². The van der Waals surface area contributed by atoms with Gasteiger partial charge in [-0.3, -0.25) is 4.98 Å². The molecule has 6 nitrogen and oxygen atoms in total. The third-order valence-corrected chi connectivity index (χ3v) is 5.77. The Balaban J connectivity index is 1.22. The van der Waals surface area contributed by atoms with Gasteiger partial charge in [-0.1, -0.05) is 43.5 Å². The van der Waals surface area contributed by atoms with Crippen LogP contribution in [0.4, 0.5) is 5.82 Å². The molecule has 1 saturated heterocycles. The molecule has 0 spiro atoms. The van der Waals surface area contributed by atoms with E-state index in [1.165, 1.54) is 0 Å². The molecule has 0 unspecified atom stereocenters. The molecule has 3 heterocycles. The van der Waals surface area contributed by atoms with Crippen LogP contribution in [0.3, 0.4) is 0 Å². The van der Waals surface area contributed by atoms with Crippen LogP contribution < -0.4 is 15.0 Å². The van der Waals surface area contributed by atoms with Gasteiger partial charge in [-0.15, -0.1) is 0 Å². The van der Waals surface area contributed by atoms with Crippen molar-refractivity contribution in [1.29, 1.82) is 0 Å². The molecule has 3 aromatic rings. The van der Waals surface area contributed by atoms with E-state index in [4.69, 9.17) is 4.74 Å². The van der Waals surface area contributed by atoms with Crippen molar-refractivity contribution in [2.75, 3.05) is 37.6 Å². The second kappa shape index (κ2) is 10.7. The normalized spacial score (nSPS) is 13.5. The molecule has 1 N–H and O–H groups in total. The molecule has 33 heavy (non-hydrogen) atoms. The number of ether oxygens (including phenoxy) is 1. The molecule has 2 aromatic heterocycles. The van der Waals surface area contributed by atoms with Gasteiger partial charge < -0.3 is 19.9 Å². The maximum Gasteiger partial charge on any atom is 0.138 e. The Kier molecular flexibility index (Phi) is 7.25. The first-order valence-corrected chi connectivity index (χ1v) is 11.2. The largest absolute Gasteiger partial charge is 0.487 e. The van der Waals surface area contributed by atoms with Crippen LogP contribution in [0.1, 0.15) is 16.8 Å². The zero-order chi connectivity index (χ0) is 23.0. The van der Waals surface area contributed by atoms with Gasteiger partial charge in [0.05, 0.1) is 12.7 Å². The van der Waals surface area contributed by atoms with Crippen LogP contribution in [-0.4, -0.2) is 47.6 Å². The van der Waals surface area contributed by atoms with Gasteiger partial charge in [-0.05, 0) is 36.8 Å². The van der Waals surface area contributed by atoms with E-state index in [1.807, 2.05) is 55.6 Å². The van der Waals surface area contributed by atoms with Crippen molar-refractivity contribution < 1.29 is 4.74 Å². The smallest absolute Gasteiger partial charge is 0.138 e. The van der Waals surface area contributed by atoms with Crippen LogP contribution >= 0.6 is 0 Å². The minimum atomic E-state index is 0.546. The van der Waals surface area contributed by atoms with Gasteiger partial charge in [0.25, 0.3) is 0 Å². The van der Waals surface area contributed by atoms with E-state index in [1.54, 1.807) is 6.20 Å². The first-order valence-electron chi connectivity index (χ1n) is 11.2. The fourth-order valence-corrected chi connectivity index (χ4v) is 3.79. The number of nitrogens with zero attached hydrogens (tertiary/aromatic N) is 4. The van der Waals surface area contributed by atoms with Gasteiger partial charge in [-0.25, -0.2) is 4.98 Å². The lowest BCUT2D eigenvalue weighted by Gasteiger charge is -2.37. The van der Waals surface area contributed by atoms with Gasteiger partial charge in [-0.2, -0.15) is 0 Å². The highest BCUT2D eigenvalue weighted by Crippen LogP contribution is 2.19. The molecular weight excluding hydrogens is 410 g/mol. The molecule has 0 aliphatic carbocycles. The van der Waals surface area contributed by atoms with E-state index in [-0.39, 0.29) is 0 Å². The highest BCUT2D eigenvalue weighted by atomic mass is 16.5. The zero-order valence-corrected chi connectivity index (χ0v) is 19.2. The number of hydrogen-bond acceptors (Lipinski definition) is 6. The second-order valence-electron chi connectivity index (χ2n) is 8.18. The molecular formula is C27H31N5O. The minimum absolute atomic E-state index is 0.546. The average Bonchev–Trinajstić information content (AvgIpc) is 2.87. The average molecular weight is 442 g/mol. The van der Waals surface area contributed by atoms with Crippen molar-refractivity contribution >= 4 is 11.5 Å². The van der Waals surface area contributed by atoms with E-state index in [0.29, 0.717) is 13.2 Å². The Bertz CT molecular complexity index is 1070. The minimum Gasteiger partial charge on any atom is -0.487 e. The fourth-order valence-electron chi connectivity index (χ4n) is 3.79. The van der Waals surface area contributed by atoms with E-state index in [0.717, 1.165) is 66.0 Å². The molecule has 170 valence electrons. The molecule has 6 heteroatoms. The quantitative estimate of drug-likeness (QED) is 0.536. The lowest BCUT2D eigenvalue weighted by Crippen LogP contribution is -2.47. The molecule has 4 rings (SSSR count). The first-order chi connectivity index (χ1) is 16.1. The fraction of sp³-hybridized carbons (Fsp3) is 0.259. The van der Waals surface area contributed by atoms with Gasteiger partial charge in [0.1, 0.15) is 18.2 Å². The third kappa shape index (κ3) is 6.13. The van der Waals surface area contributed by atoms with Crippen molar-refractivity contribution in [1.82, 2.24) is 20.2 Å². The van der Waals surface area contributed by atoms with E-state index in [9.17, 15) is 0 Å². The number of rotatable bonds is 9. The summed E-state index contributed by atoms with van der Waals surface area (Å²) in [7, 11) is 0. The number of pyridine rings is 2. The summed E-state index contributed by atoms with van der Waals surface area (Å²) >= 11 is 0. The van der Waals surface area contributed by atoms with Crippen molar-refractivity contribution in [3.05, 3.63) is 103 Å². The van der Waals surface area contributed by atoms with Gasteiger partial charge >= 0.3 is 0 Å². The lowest BCUT2D eigenvalue weighted by atomic mass is 10.2. The van der Waals surface area contributed by atoms with Crippen LogP contribution in [0, 0.1) is 6.92 Å². The summed E-state index contributed by atoms with van der Waals surface area (Å²) in [6, 6.07) is 18.2. The zero-order valence-electron chi connectivity index (χ0n) is 19.2. The third-order valence-electron chi connectivity index (χ3n) is 5.77. The Morgan fingerprint density at radius 1 is 1.00 bits per heavy atom. The van der Waals surface area contributed by atoms with Crippen molar-refractivity contribution in [3.8, 4) is 5.75 Å². The first kappa shape index (κ1) is 22.4. The van der Waals surface area contributed by atoms with Crippen LogP contribution in [0.25, 0.3) is 5.70 Å². The van der Waals surface area contributed by atoms with Crippen molar-refractivity contribution in [2.45, 2.75) is 13.5 Å².